The number of fused-ring (bicyclic) bond motifs is 8. The van der Waals surface area contributed by atoms with Crippen molar-refractivity contribution >= 4 is 50.2 Å². The normalized spacial score (nSPS) is 12.9. The van der Waals surface area contributed by atoms with Crippen LogP contribution >= 0.6 is 0 Å². The molecule has 49 heavy (non-hydrogen) atoms. The maximum Gasteiger partial charge on any atom is 0.277 e. The molecule has 6 heteroatoms. The van der Waals surface area contributed by atoms with Crippen molar-refractivity contribution in [1.82, 2.24) is 19.9 Å². The first-order valence-corrected chi connectivity index (χ1v) is 18.5. The van der Waals surface area contributed by atoms with Crippen molar-refractivity contribution in [2.75, 3.05) is 0 Å². The fourth-order valence-corrected chi connectivity index (χ4v) is 8.11. The third-order valence-corrected chi connectivity index (χ3v) is 10.4. The maximum absolute atomic E-state index is 13.9. The van der Waals surface area contributed by atoms with Gasteiger partial charge in [-0.25, -0.2) is 9.98 Å². The summed E-state index contributed by atoms with van der Waals surface area (Å²) in [5.74, 6) is -0.265. The zero-order chi connectivity index (χ0) is 34.8. The van der Waals surface area contributed by atoms with Crippen LogP contribution in [-0.4, -0.2) is 25.8 Å². The molecule has 0 fully saturated rings. The van der Waals surface area contributed by atoms with Crippen molar-refractivity contribution in [3.63, 3.8) is 0 Å². The minimum atomic E-state index is -0.265. The first kappa shape index (κ1) is 34.2. The number of aryl methyl sites for hydroxylation is 6. The Labute approximate surface area is 290 Å². The van der Waals surface area contributed by atoms with Crippen LogP contribution in [0.4, 0.5) is 0 Å². The number of benzene rings is 1. The van der Waals surface area contributed by atoms with Crippen LogP contribution in [0.5, 0.6) is 0 Å². The molecule has 0 spiro atoms. The van der Waals surface area contributed by atoms with Crippen molar-refractivity contribution in [2.45, 2.75) is 107 Å². The van der Waals surface area contributed by atoms with E-state index in [-0.39, 0.29) is 5.91 Å². The van der Waals surface area contributed by atoms with E-state index in [1.54, 1.807) is 0 Å². The monoisotopic (exact) mass is 653 g/mol. The zero-order valence-electron chi connectivity index (χ0n) is 30.6. The number of nitrogens with one attached hydrogen (secondary N) is 3. The van der Waals surface area contributed by atoms with E-state index in [1.807, 2.05) is 30.3 Å². The van der Waals surface area contributed by atoms with E-state index in [0.717, 1.165) is 101 Å². The highest BCUT2D eigenvalue weighted by Crippen LogP contribution is 2.35. The number of nitrogens with zero attached hydrogens (tertiary/aromatic N) is 2. The molecule has 1 aliphatic heterocycles. The topological polar surface area (TPSA) is 89.7 Å². The van der Waals surface area contributed by atoms with Crippen molar-refractivity contribution in [1.29, 1.82) is 0 Å². The lowest BCUT2D eigenvalue weighted by Gasteiger charge is -2.04. The Morgan fingerprint density at radius 1 is 0.551 bits per heavy atom. The Morgan fingerprint density at radius 3 is 1.47 bits per heavy atom. The predicted octanol–water partition coefficient (Wildman–Crippen LogP) is 10.4. The minimum absolute atomic E-state index is 0.265. The number of amides is 1. The second kappa shape index (κ2) is 14.4. The smallest absolute Gasteiger partial charge is 0.277 e. The predicted molar refractivity (Wildman–Crippen MR) is 206 cm³/mol. The molecule has 0 atom stereocenters. The van der Waals surface area contributed by atoms with Crippen LogP contribution < -0.4 is 5.36 Å². The highest BCUT2D eigenvalue weighted by atomic mass is 16.1. The van der Waals surface area contributed by atoms with Crippen LogP contribution in [0, 0.1) is 0 Å². The number of aromatic nitrogens is 4. The van der Waals surface area contributed by atoms with Gasteiger partial charge in [-0.1, -0.05) is 73.6 Å². The average Bonchev–Trinajstić information content (AvgIpc) is 3.86. The van der Waals surface area contributed by atoms with Crippen molar-refractivity contribution in [2.24, 2.45) is 4.99 Å². The van der Waals surface area contributed by atoms with Gasteiger partial charge in [0.05, 0.1) is 16.9 Å². The summed E-state index contributed by atoms with van der Waals surface area (Å²) in [6.07, 6.45) is 7.00. The van der Waals surface area contributed by atoms with Gasteiger partial charge in [-0.3, -0.25) is 4.79 Å². The van der Waals surface area contributed by atoms with Crippen LogP contribution in [0.25, 0.3) is 44.2 Å². The Hall–Kier alpha value is -4.71. The molecule has 254 valence electrons. The van der Waals surface area contributed by atoms with Crippen LogP contribution in [0.3, 0.4) is 0 Å². The fourth-order valence-electron chi connectivity index (χ4n) is 8.11. The van der Waals surface area contributed by atoms with E-state index in [9.17, 15) is 4.79 Å². The number of carbonyl (C=O) groups excluding carboxylic acids is 1. The van der Waals surface area contributed by atoms with Gasteiger partial charge in [-0.15, -0.1) is 0 Å². The molecule has 1 aromatic carbocycles. The molecule has 4 aromatic heterocycles. The number of aromatic amines is 3. The summed E-state index contributed by atoms with van der Waals surface area (Å²) >= 11 is 0. The van der Waals surface area contributed by atoms with Gasteiger partial charge in [0, 0.05) is 33.1 Å². The molecule has 6 nitrogen and oxygen atoms in total. The number of carbonyl (C=O) groups is 1. The molecule has 1 aliphatic rings. The van der Waals surface area contributed by atoms with Crippen molar-refractivity contribution in [3.8, 4) is 0 Å². The number of allylic oxidation sites excluding steroid dienone is 2. The van der Waals surface area contributed by atoms with Gasteiger partial charge in [0.25, 0.3) is 5.91 Å². The van der Waals surface area contributed by atoms with Gasteiger partial charge >= 0.3 is 0 Å². The molecular weight excluding hydrogens is 603 g/mol. The molecule has 0 unspecified atom stereocenters. The summed E-state index contributed by atoms with van der Waals surface area (Å²) in [6, 6.07) is 16.2. The minimum Gasteiger partial charge on any atom is -0.355 e. The highest BCUT2D eigenvalue weighted by Gasteiger charge is 2.23. The average molecular weight is 654 g/mol. The standard InChI is InChI=1S/C43H51N5O/c1-9-26-28(11-3)36-23-38-30(13-5)32(15-7)40(46-38)42(48-43(49)25-20-18-17-19-21-25)41-33(16-8)31(14-6)39(47-41)24-37-29(12-4)27(10-2)35(45-37)22-34(26)44-36/h17-24,44-46H,9-16H2,1-8H3. The van der Waals surface area contributed by atoms with Crippen LogP contribution in [-0.2, 0) is 38.5 Å². The van der Waals surface area contributed by atoms with E-state index in [4.69, 9.17) is 9.98 Å². The lowest BCUT2D eigenvalue weighted by molar-refractivity contribution is 0.0998. The first-order chi connectivity index (χ1) is 23.8. The van der Waals surface area contributed by atoms with E-state index < -0.39 is 0 Å². The van der Waals surface area contributed by atoms with Crippen LogP contribution in [0.1, 0.15) is 123 Å². The third-order valence-electron chi connectivity index (χ3n) is 10.4. The molecule has 5 aromatic rings. The Balaban J connectivity index is 1.93. The molecule has 0 saturated heterocycles. The summed E-state index contributed by atoms with van der Waals surface area (Å²) < 4.78 is 0. The molecular formula is C43H51N5O. The number of rotatable bonds is 9. The van der Waals surface area contributed by atoms with Crippen LogP contribution in [0.2, 0.25) is 0 Å². The maximum atomic E-state index is 13.9. The van der Waals surface area contributed by atoms with Gasteiger partial charge in [0.1, 0.15) is 5.36 Å². The molecule has 0 saturated carbocycles. The third kappa shape index (κ3) is 5.96. The fraction of sp³-hybridized carbons (Fsp3) is 0.372. The van der Waals surface area contributed by atoms with Gasteiger partial charge in [-0.05, 0) is 126 Å². The van der Waals surface area contributed by atoms with E-state index >= 15 is 0 Å². The Morgan fingerprint density at radius 2 is 1.00 bits per heavy atom. The zero-order valence-corrected chi connectivity index (χ0v) is 30.6. The second-order valence-corrected chi connectivity index (χ2v) is 12.9. The number of H-pyrrole nitrogens is 3. The molecule has 8 bridgehead atoms. The summed E-state index contributed by atoms with van der Waals surface area (Å²) in [5.41, 5.74) is 19.0. The van der Waals surface area contributed by atoms with E-state index in [2.05, 4.69) is 88.5 Å². The van der Waals surface area contributed by atoms with Gasteiger partial charge in [-0.2, -0.15) is 0 Å². The van der Waals surface area contributed by atoms with Gasteiger partial charge in [0.2, 0.25) is 0 Å². The lowest BCUT2D eigenvalue weighted by Crippen LogP contribution is -2.14. The summed E-state index contributed by atoms with van der Waals surface area (Å²) in [7, 11) is 0. The summed E-state index contributed by atoms with van der Waals surface area (Å²) in [6.45, 7) is 17.8. The van der Waals surface area contributed by atoms with Gasteiger partial charge in [0.15, 0.2) is 0 Å². The summed E-state index contributed by atoms with van der Waals surface area (Å²) in [5, 5.41) is 0.626. The quantitative estimate of drug-likeness (QED) is 0.148. The van der Waals surface area contributed by atoms with Crippen LogP contribution in [0.15, 0.2) is 53.5 Å². The SMILES string of the molecule is CCC1=C(CC)c2nc1cc1[nH]c(cc3[nH]c(cc4[nH]c(c(CC)c4CC)c2=NC(=O)c2ccccc2)c(CC)c3CC)c(CC)c1CC. The molecule has 5 heterocycles. The largest absolute Gasteiger partial charge is 0.355 e. The molecule has 0 radical (unpaired) electrons. The van der Waals surface area contributed by atoms with Crippen molar-refractivity contribution < 1.29 is 4.79 Å². The molecule has 0 aliphatic carbocycles. The highest BCUT2D eigenvalue weighted by molar-refractivity contribution is 5.97. The first-order valence-electron chi connectivity index (χ1n) is 18.5. The van der Waals surface area contributed by atoms with E-state index in [1.165, 1.54) is 39.0 Å². The number of hydrogen-bond acceptors (Lipinski definition) is 2. The molecule has 3 N–H and O–H groups in total. The molecule has 1 amide bonds. The molecule has 6 rings (SSSR count). The Bertz CT molecular complexity index is 2280. The lowest BCUT2D eigenvalue weighted by atomic mass is 9.98. The number of hydrogen-bond donors (Lipinski definition) is 3. The Kier molecular flexibility index (Phi) is 10.0. The second-order valence-electron chi connectivity index (χ2n) is 12.9. The van der Waals surface area contributed by atoms with Gasteiger partial charge < -0.3 is 15.0 Å². The van der Waals surface area contributed by atoms with Crippen molar-refractivity contribution in [3.05, 3.63) is 104 Å². The summed E-state index contributed by atoms with van der Waals surface area (Å²) in [4.78, 5) is 35.8. The van der Waals surface area contributed by atoms with E-state index in [0.29, 0.717) is 10.9 Å².